The number of carboxylic acid groups (broad SMARTS) is 2. The average molecular weight is 847 g/mol. The summed E-state index contributed by atoms with van der Waals surface area (Å²) in [6.45, 7) is 8.93. The van der Waals surface area contributed by atoms with Gasteiger partial charge in [-0.15, -0.1) is 0 Å². The zero-order valence-corrected chi connectivity index (χ0v) is 33.8. The number of nitrogens with zero attached hydrogens (tertiary/aromatic N) is 2. The number of halogens is 3. The van der Waals surface area contributed by atoms with Gasteiger partial charge in [0.05, 0.1) is 47.5 Å². The van der Waals surface area contributed by atoms with Crippen molar-refractivity contribution in [1.82, 2.24) is 9.88 Å². The first-order chi connectivity index (χ1) is 27.6. The van der Waals surface area contributed by atoms with Crippen LogP contribution in [-0.2, 0) is 29.0 Å². The van der Waals surface area contributed by atoms with Crippen LogP contribution in [0.2, 0.25) is 0 Å². The van der Waals surface area contributed by atoms with Crippen LogP contribution in [-0.4, -0.2) is 90.1 Å². The van der Waals surface area contributed by atoms with Gasteiger partial charge >= 0.3 is 24.1 Å². The second-order valence-electron chi connectivity index (χ2n) is 13.9. The Bertz CT molecular complexity index is 2320. The van der Waals surface area contributed by atoms with Gasteiger partial charge in [0.2, 0.25) is 5.91 Å². The number of carbonyl (C=O) groups excluding carboxylic acids is 2. The first-order valence-electron chi connectivity index (χ1n) is 18.3. The van der Waals surface area contributed by atoms with Crippen LogP contribution >= 0.6 is 0 Å². The lowest BCUT2D eigenvalue weighted by Gasteiger charge is -2.33. The number of anilines is 2. The molecule has 0 radical (unpaired) electrons. The Morgan fingerprint density at radius 1 is 0.983 bits per heavy atom. The molecular weight excluding hydrogens is 802 g/mol. The Kier molecular flexibility index (Phi) is 14.4. The predicted molar refractivity (Wildman–Crippen MR) is 210 cm³/mol. The summed E-state index contributed by atoms with van der Waals surface area (Å²) in [4.78, 5) is 54.8. The van der Waals surface area contributed by atoms with Crippen molar-refractivity contribution >= 4 is 55.9 Å². The van der Waals surface area contributed by atoms with Crippen molar-refractivity contribution in [2.24, 2.45) is 5.92 Å². The number of sulfone groups is 1. The lowest BCUT2D eigenvalue weighted by molar-refractivity contribution is -0.192. The summed E-state index contributed by atoms with van der Waals surface area (Å²) in [5, 5.41) is 21.5. The predicted octanol–water partition coefficient (Wildman–Crippen LogP) is 6.43. The van der Waals surface area contributed by atoms with Gasteiger partial charge in [-0.2, -0.15) is 13.2 Å². The second-order valence-corrected chi connectivity index (χ2v) is 16.3. The van der Waals surface area contributed by atoms with Crippen LogP contribution in [0.1, 0.15) is 74.6 Å². The van der Waals surface area contributed by atoms with Crippen molar-refractivity contribution in [3.8, 4) is 11.5 Å². The minimum absolute atomic E-state index is 0.00491. The summed E-state index contributed by atoms with van der Waals surface area (Å²) in [5.74, 6) is -5.19. The van der Waals surface area contributed by atoms with E-state index in [0.29, 0.717) is 35.2 Å². The fourth-order valence-electron chi connectivity index (χ4n) is 6.46. The molecule has 3 atom stereocenters. The van der Waals surface area contributed by atoms with E-state index in [0.717, 1.165) is 10.8 Å². The van der Waals surface area contributed by atoms with Gasteiger partial charge in [-0.25, -0.2) is 23.0 Å². The molecule has 15 nitrogen and oxygen atoms in total. The summed E-state index contributed by atoms with van der Waals surface area (Å²) in [6, 6.07) is 13.9. The number of aromatic nitrogens is 1. The molecule has 1 aliphatic heterocycles. The normalized spacial score (nSPS) is 15.9. The Morgan fingerprint density at radius 2 is 1.66 bits per heavy atom. The van der Waals surface area contributed by atoms with E-state index in [-0.39, 0.29) is 35.1 Å². The summed E-state index contributed by atoms with van der Waals surface area (Å²) < 4.78 is 76.0. The van der Waals surface area contributed by atoms with Crippen molar-refractivity contribution < 1.29 is 65.2 Å². The molecule has 1 fully saturated rings. The molecule has 0 aliphatic carbocycles. The monoisotopic (exact) mass is 846 g/mol. The number of likely N-dealkylation sites (tertiary alicyclic amines) is 1. The Labute approximate surface area is 338 Å². The van der Waals surface area contributed by atoms with Gasteiger partial charge in [-0.3, -0.25) is 9.59 Å². The van der Waals surface area contributed by atoms with Gasteiger partial charge < -0.3 is 40.4 Å². The smallest absolute Gasteiger partial charge is 0.490 e. The maximum absolute atomic E-state index is 15.0. The number of fused-ring (bicyclic) bond motifs is 1. The quantitative estimate of drug-likeness (QED) is 0.106. The third-order valence-electron chi connectivity index (χ3n) is 9.23. The number of nitrogens with one attached hydrogen (secondary N) is 1. The highest BCUT2D eigenvalue weighted by Gasteiger charge is 2.46. The molecule has 1 saturated heterocycles. The van der Waals surface area contributed by atoms with Crippen LogP contribution in [0.15, 0.2) is 71.8 Å². The number of rotatable bonds is 13. The van der Waals surface area contributed by atoms with E-state index < -0.39 is 63.1 Å². The molecular formula is C40H45F3N4O11S. The summed E-state index contributed by atoms with van der Waals surface area (Å²) in [7, 11) is -2.82. The lowest BCUT2D eigenvalue weighted by Crippen LogP contribution is -2.40. The number of aliphatic carboxylic acids is 2. The summed E-state index contributed by atoms with van der Waals surface area (Å²) >= 11 is 0. The molecule has 5 rings (SSSR count). The molecule has 59 heavy (non-hydrogen) atoms. The van der Waals surface area contributed by atoms with E-state index in [1.165, 1.54) is 44.1 Å². The highest BCUT2D eigenvalue weighted by molar-refractivity contribution is 7.92. The van der Waals surface area contributed by atoms with Gasteiger partial charge in [-0.05, 0) is 112 Å². The molecule has 3 aromatic carbocycles. The minimum Gasteiger partial charge on any atom is -0.490 e. The third-order valence-corrected chi connectivity index (χ3v) is 11.5. The third kappa shape index (κ3) is 10.5. The molecule has 2 heterocycles. The van der Waals surface area contributed by atoms with E-state index in [1.807, 2.05) is 26.8 Å². The molecule has 4 aromatic rings. The van der Waals surface area contributed by atoms with Crippen molar-refractivity contribution in [2.45, 2.75) is 75.5 Å². The molecule has 19 heteroatoms. The standard InChI is InChI=1S/C38H44N4O9S.C2HF3O2/c1-7-50-31-20-24(8-12-30(31)51-21(2)3)33(41-26-10-11-27-23(18-26)14-16-40-35(27)39)36(43)42-17-15-28(37(44)45)34(42)29-19-25(38(46)49-6)9-13-32(29)52(47,48)22(4)5;3-2(4,5)1(6)7/h8-14,16,18-22,28,33-34,41H,7,15,17H2,1-6H3,(H2,39,40)(H,44,45);(H,6,7)/t28-,33?,34-;/m1./s1. The van der Waals surface area contributed by atoms with Crippen LogP contribution in [0.25, 0.3) is 10.8 Å². The van der Waals surface area contributed by atoms with E-state index in [1.54, 1.807) is 42.6 Å². The first kappa shape index (κ1) is 45.6. The molecule has 5 N–H and O–H groups in total. The minimum atomic E-state index is -5.08. The molecule has 1 unspecified atom stereocenters. The number of alkyl halides is 3. The van der Waals surface area contributed by atoms with E-state index >= 15 is 4.79 Å². The maximum atomic E-state index is 15.0. The second kappa shape index (κ2) is 18.6. The number of nitrogen functional groups attached to an aromatic ring is 1. The summed E-state index contributed by atoms with van der Waals surface area (Å²) in [6.07, 6.45) is -3.62. The molecule has 1 aliphatic rings. The van der Waals surface area contributed by atoms with Crippen LogP contribution < -0.4 is 20.5 Å². The fraction of sp³-hybridized carbons (Fsp3) is 0.375. The largest absolute Gasteiger partial charge is 0.490 e. The topological polar surface area (TPSA) is 225 Å². The number of esters is 1. The molecule has 0 spiro atoms. The number of hydrogen-bond acceptors (Lipinski definition) is 12. The van der Waals surface area contributed by atoms with Crippen LogP contribution in [0.3, 0.4) is 0 Å². The fourth-order valence-corrected chi connectivity index (χ4v) is 7.73. The number of hydrogen-bond donors (Lipinski definition) is 4. The van der Waals surface area contributed by atoms with E-state index in [9.17, 15) is 36.3 Å². The van der Waals surface area contributed by atoms with Gasteiger partial charge in [-0.1, -0.05) is 6.07 Å². The number of amides is 1. The Balaban J connectivity index is 0.00000101. The lowest BCUT2D eigenvalue weighted by atomic mass is 9.92. The van der Waals surface area contributed by atoms with Gasteiger partial charge in [0.15, 0.2) is 21.3 Å². The Morgan fingerprint density at radius 3 is 2.24 bits per heavy atom. The van der Waals surface area contributed by atoms with Crippen LogP contribution in [0.5, 0.6) is 11.5 Å². The SMILES string of the molecule is CCOc1cc(C(Nc2ccc3c(N)nccc3c2)C(=O)N2CC[C@@H](C(=O)O)[C@@H]2c2cc(C(=O)OC)ccc2S(=O)(=O)C(C)C)ccc1OC(C)C.O=C(O)C(F)(F)F. The van der Waals surface area contributed by atoms with Gasteiger partial charge in [0, 0.05) is 23.8 Å². The maximum Gasteiger partial charge on any atom is 0.490 e. The number of carbonyl (C=O) groups is 4. The number of benzene rings is 3. The van der Waals surface area contributed by atoms with Crippen LogP contribution in [0, 0.1) is 5.92 Å². The number of carboxylic acids is 2. The molecule has 1 aromatic heterocycles. The van der Waals surface area contributed by atoms with Crippen molar-refractivity contribution in [3.63, 3.8) is 0 Å². The molecule has 318 valence electrons. The number of nitrogens with two attached hydrogens (primary N) is 1. The zero-order chi connectivity index (χ0) is 44.0. The van der Waals surface area contributed by atoms with Crippen LogP contribution in [0.4, 0.5) is 24.7 Å². The summed E-state index contributed by atoms with van der Waals surface area (Å²) in [5.41, 5.74) is 7.17. The number of methoxy groups -OCH3 is 1. The Hall–Kier alpha value is -6.11. The highest BCUT2D eigenvalue weighted by atomic mass is 32.2. The van der Waals surface area contributed by atoms with E-state index in [4.69, 9.17) is 29.8 Å². The van der Waals surface area contributed by atoms with Gasteiger partial charge in [0.1, 0.15) is 11.9 Å². The van der Waals surface area contributed by atoms with E-state index in [2.05, 4.69) is 10.3 Å². The highest BCUT2D eigenvalue weighted by Crippen LogP contribution is 2.44. The molecule has 0 bridgehead atoms. The number of ether oxygens (including phenoxy) is 3. The van der Waals surface area contributed by atoms with Crippen molar-refractivity contribution in [2.75, 3.05) is 31.3 Å². The first-order valence-corrected chi connectivity index (χ1v) is 19.8. The molecule has 1 amide bonds. The van der Waals surface area contributed by atoms with Crippen molar-refractivity contribution in [1.29, 1.82) is 0 Å². The van der Waals surface area contributed by atoms with Gasteiger partial charge in [0.25, 0.3) is 0 Å². The average Bonchev–Trinajstić information content (AvgIpc) is 3.62. The molecule has 0 saturated carbocycles. The number of pyridine rings is 1. The zero-order valence-electron chi connectivity index (χ0n) is 32.9. The van der Waals surface area contributed by atoms with Crippen molar-refractivity contribution in [3.05, 3.63) is 83.6 Å².